The Kier molecular flexibility index (Phi) is 4.70. The van der Waals surface area contributed by atoms with Crippen molar-refractivity contribution in [2.75, 3.05) is 5.32 Å². The van der Waals surface area contributed by atoms with Crippen LogP contribution in [0.3, 0.4) is 0 Å². The Labute approximate surface area is 98.7 Å². The van der Waals surface area contributed by atoms with Crippen molar-refractivity contribution < 1.29 is 14.7 Å². The highest BCUT2D eigenvalue weighted by molar-refractivity contribution is 5.91. The van der Waals surface area contributed by atoms with Gasteiger partial charge in [0.1, 0.15) is 6.42 Å². The van der Waals surface area contributed by atoms with E-state index in [1.54, 1.807) is 30.3 Å². The molecule has 5 nitrogen and oxygen atoms in total. The molecule has 0 aliphatic heterocycles. The van der Waals surface area contributed by atoms with E-state index in [1.807, 2.05) is 0 Å². The van der Waals surface area contributed by atoms with Crippen molar-refractivity contribution in [2.45, 2.75) is 19.3 Å². The van der Waals surface area contributed by atoms with Crippen LogP contribution in [0.4, 0.5) is 5.69 Å². The molecule has 1 amide bonds. The number of carbonyl (C=O) groups is 2. The molecule has 0 saturated heterocycles. The van der Waals surface area contributed by atoms with E-state index in [4.69, 9.17) is 10.4 Å². The van der Waals surface area contributed by atoms with Crippen LogP contribution in [0.2, 0.25) is 0 Å². The third-order valence-corrected chi connectivity index (χ3v) is 2.10. The van der Waals surface area contributed by atoms with Gasteiger partial charge in [0.15, 0.2) is 0 Å². The maximum atomic E-state index is 11.1. The molecule has 0 saturated carbocycles. The third-order valence-electron chi connectivity index (χ3n) is 2.10. The summed E-state index contributed by atoms with van der Waals surface area (Å²) in [4.78, 5) is 21.5. The topological polar surface area (TPSA) is 90.2 Å². The predicted octanol–water partition coefficient (Wildman–Crippen LogP) is 1.56. The van der Waals surface area contributed by atoms with Crippen molar-refractivity contribution in [3.63, 3.8) is 0 Å². The van der Waals surface area contributed by atoms with Crippen molar-refractivity contribution >= 4 is 17.6 Å². The Morgan fingerprint density at radius 1 is 1.29 bits per heavy atom. The van der Waals surface area contributed by atoms with E-state index >= 15 is 0 Å². The molecule has 1 aromatic rings. The molecular formula is C12H12N2O3. The standard InChI is InChI=1S/C12H12N2O3/c13-8-7-11(15)14-10-4-1-9(2-5-10)3-6-12(16)17/h1-2,4-5H,3,6-7H2,(H,14,15)(H,16,17). The normalized spacial score (nSPS) is 9.35. The first kappa shape index (κ1) is 12.7. The summed E-state index contributed by atoms with van der Waals surface area (Å²) in [6.45, 7) is 0. The zero-order valence-corrected chi connectivity index (χ0v) is 9.14. The van der Waals surface area contributed by atoms with E-state index in [1.165, 1.54) is 0 Å². The van der Waals surface area contributed by atoms with Crippen LogP contribution in [0.5, 0.6) is 0 Å². The molecule has 0 fully saturated rings. The zero-order valence-electron chi connectivity index (χ0n) is 9.14. The number of hydrogen-bond acceptors (Lipinski definition) is 3. The number of nitriles is 1. The average molecular weight is 232 g/mol. The van der Waals surface area contributed by atoms with Crippen LogP contribution < -0.4 is 5.32 Å². The van der Waals surface area contributed by atoms with Gasteiger partial charge < -0.3 is 10.4 Å². The first-order valence-corrected chi connectivity index (χ1v) is 5.09. The van der Waals surface area contributed by atoms with Gasteiger partial charge in [0, 0.05) is 12.1 Å². The van der Waals surface area contributed by atoms with Crippen LogP contribution in [0.15, 0.2) is 24.3 Å². The van der Waals surface area contributed by atoms with Gasteiger partial charge in [-0.05, 0) is 24.1 Å². The second-order valence-corrected chi connectivity index (χ2v) is 3.47. The summed E-state index contributed by atoms with van der Waals surface area (Å²) in [5.74, 6) is -1.19. The molecule has 0 atom stereocenters. The van der Waals surface area contributed by atoms with Gasteiger partial charge in [-0.25, -0.2) is 0 Å². The van der Waals surface area contributed by atoms with Crippen molar-refractivity contribution in [2.24, 2.45) is 0 Å². The van der Waals surface area contributed by atoms with Gasteiger partial charge in [0.05, 0.1) is 6.07 Å². The van der Waals surface area contributed by atoms with Crippen molar-refractivity contribution in [3.05, 3.63) is 29.8 Å². The van der Waals surface area contributed by atoms with Gasteiger partial charge in [-0.3, -0.25) is 9.59 Å². The lowest BCUT2D eigenvalue weighted by Gasteiger charge is -2.04. The molecule has 0 heterocycles. The number of anilines is 1. The van der Waals surface area contributed by atoms with Crippen molar-refractivity contribution in [3.8, 4) is 6.07 Å². The minimum atomic E-state index is -0.837. The monoisotopic (exact) mass is 232 g/mol. The van der Waals surface area contributed by atoms with Crippen LogP contribution in [0.25, 0.3) is 0 Å². The highest BCUT2D eigenvalue weighted by Gasteiger charge is 2.02. The molecule has 1 aromatic carbocycles. The Balaban J connectivity index is 2.53. The lowest BCUT2D eigenvalue weighted by atomic mass is 10.1. The Bertz CT molecular complexity index is 446. The second kappa shape index (κ2) is 6.28. The molecule has 1 rings (SSSR count). The summed E-state index contributed by atoms with van der Waals surface area (Å²) in [6.07, 6.45) is 0.364. The van der Waals surface area contributed by atoms with E-state index in [2.05, 4.69) is 5.32 Å². The zero-order chi connectivity index (χ0) is 12.7. The number of benzene rings is 1. The molecule has 5 heteroatoms. The van der Waals surface area contributed by atoms with Crippen LogP contribution in [-0.4, -0.2) is 17.0 Å². The third kappa shape index (κ3) is 4.80. The first-order chi connectivity index (χ1) is 8.11. The molecule has 0 bridgehead atoms. The lowest BCUT2D eigenvalue weighted by molar-refractivity contribution is -0.137. The first-order valence-electron chi connectivity index (χ1n) is 5.09. The van der Waals surface area contributed by atoms with Gasteiger partial charge in [0.25, 0.3) is 0 Å². The van der Waals surface area contributed by atoms with E-state index in [9.17, 15) is 9.59 Å². The van der Waals surface area contributed by atoms with E-state index in [0.29, 0.717) is 12.1 Å². The van der Waals surface area contributed by atoms with Crippen LogP contribution in [0, 0.1) is 11.3 Å². The molecule has 0 unspecified atom stereocenters. The van der Waals surface area contributed by atoms with Crippen molar-refractivity contribution in [1.82, 2.24) is 0 Å². The number of carbonyl (C=O) groups excluding carboxylic acids is 1. The highest BCUT2D eigenvalue weighted by Crippen LogP contribution is 2.11. The highest BCUT2D eigenvalue weighted by atomic mass is 16.4. The van der Waals surface area contributed by atoms with E-state index in [-0.39, 0.29) is 18.7 Å². The van der Waals surface area contributed by atoms with Crippen LogP contribution in [-0.2, 0) is 16.0 Å². The smallest absolute Gasteiger partial charge is 0.303 e. The van der Waals surface area contributed by atoms with Gasteiger partial charge in [0.2, 0.25) is 5.91 Å². The summed E-state index contributed by atoms with van der Waals surface area (Å²) >= 11 is 0. The number of aliphatic carboxylic acids is 1. The minimum Gasteiger partial charge on any atom is -0.481 e. The maximum absolute atomic E-state index is 11.1. The fourth-order valence-corrected chi connectivity index (χ4v) is 1.28. The van der Waals surface area contributed by atoms with E-state index in [0.717, 1.165) is 5.56 Å². The summed E-state index contributed by atoms with van der Waals surface area (Å²) in [7, 11) is 0. The van der Waals surface area contributed by atoms with Crippen molar-refractivity contribution in [1.29, 1.82) is 5.26 Å². The predicted molar refractivity (Wildman–Crippen MR) is 61.3 cm³/mol. The van der Waals surface area contributed by atoms with Crippen LogP contribution >= 0.6 is 0 Å². The second-order valence-electron chi connectivity index (χ2n) is 3.47. The van der Waals surface area contributed by atoms with Gasteiger partial charge in [-0.15, -0.1) is 0 Å². The van der Waals surface area contributed by atoms with E-state index < -0.39 is 5.97 Å². The number of aryl methyl sites for hydroxylation is 1. The fourth-order valence-electron chi connectivity index (χ4n) is 1.28. The molecule has 2 N–H and O–H groups in total. The molecule has 0 radical (unpaired) electrons. The number of hydrogen-bond donors (Lipinski definition) is 2. The Morgan fingerprint density at radius 3 is 2.47 bits per heavy atom. The molecule has 0 spiro atoms. The summed E-state index contributed by atoms with van der Waals surface area (Å²) in [5, 5.41) is 19.4. The summed E-state index contributed by atoms with van der Waals surface area (Å²) < 4.78 is 0. The number of rotatable bonds is 5. The Morgan fingerprint density at radius 2 is 1.94 bits per heavy atom. The number of nitrogens with zero attached hydrogens (tertiary/aromatic N) is 1. The van der Waals surface area contributed by atoms with Gasteiger partial charge >= 0.3 is 5.97 Å². The average Bonchev–Trinajstić information content (AvgIpc) is 2.28. The quantitative estimate of drug-likeness (QED) is 0.805. The fraction of sp³-hybridized carbons (Fsp3) is 0.250. The Hall–Kier alpha value is -2.35. The maximum Gasteiger partial charge on any atom is 0.303 e. The van der Waals surface area contributed by atoms with Crippen LogP contribution in [0.1, 0.15) is 18.4 Å². The summed E-state index contributed by atoms with van der Waals surface area (Å²) in [5.41, 5.74) is 1.50. The SMILES string of the molecule is N#CCC(=O)Nc1ccc(CCC(=O)O)cc1. The molecule has 0 aliphatic rings. The molecule has 0 aliphatic carbocycles. The number of carboxylic acids is 1. The number of nitrogens with one attached hydrogen (secondary N) is 1. The van der Waals surface area contributed by atoms with Gasteiger partial charge in [-0.2, -0.15) is 5.26 Å². The molecule has 0 aromatic heterocycles. The number of amides is 1. The van der Waals surface area contributed by atoms with Gasteiger partial charge in [-0.1, -0.05) is 12.1 Å². The molecule has 17 heavy (non-hydrogen) atoms. The number of carboxylic acid groups (broad SMARTS) is 1. The molecule has 88 valence electrons. The molecular weight excluding hydrogens is 220 g/mol. The minimum absolute atomic E-state index is 0.0835. The lowest BCUT2D eigenvalue weighted by Crippen LogP contribution is -2.09. The summed E-state index contributed by atoms with van der Waals surface area (Å²) in [6, 6.07) is 8.64. The largest absolute Gasteiger partial charge is 0.481 e.